The van der Waals surface area contributed by atoms with Gasteiger partial charge < -0.3 is 9.80 Å². The Hall–Kier alpha value is -2.42. The van der Waals surface area contributed by atoms with Crippen molar-refractivity contribution < 1.29 is 4.79 Å². The normalized spacial score (nSPS) is 19.2. The van der Waals surface area contributed by atoms with Gasteiger partial charge in [-0.15, -0.1) is 0 Å². The van der Waals surface area contributed by atoms with E-state index >= 15 is 0 Å². The molecule has 2 aromatic heterocycles. The summed E-state index contributed by atoms with van der Waals surface area (Å²) in [6, 6.07) is 3.27. The molecule has 1 fully saturated rings. The fourth-order valence-electron chi connectivity index (χ4n) is 3.47. The SMILES string of the molecule is CCc1cc(=O)n2c(n1)SCC2CC(=O)N1CCN(c2ncccn2)CC1. The van der Waals surface area contributed by atoms with Crippen LogP contribution in [-0.2, 0) is 11.2 Å². The summed E-state index contributed by atoms with van der Waals surface area (Å²) in [4.78, 5) is 42.2. The summed E-state index contributed by atoms with van der Waals surface area (Å²) >= 11 is 1.56. The summed E-state index contributed by atoms with van der Waals surface area (Å²) < 4.78 is 1.69. The van der Waals surface area contributed by atoms with Gasteiger partial charge in [-0.2, -0.15) is 0 Å². The number of rotatable bonds is 4. The molecule has 0 saturated carbocycles. The molecule has 2 aliphatic rings. The van der Waals surface area contributed by atoms with Crippen LogP contribution in [-0.4, -0.2) is 62.3 Å². The number of carbonyl (C=O) groups is 1. The highest BCUT2D eigenvalue weighted by atomic mass is 32.2. The van der Waals surface area contributed by atoms with Crippen LogP contribution in [0.2, 0.25) is 0 Å². The summed E-state index contributed by atoms with van der Waals surface area (Å²) in [5, 5.41) is 0.739. The number of amides is 1. The molecule has 142 valence electrons. The molecule has 1 atom stereocenters. The van der Waals surface area contributed by atoms with Gasteiger partial charge in [0.05, 0.1) is 6.04 Å². The molecular weight excluding hydrogens is 364 g/mol. The van der Waals surface area contributed by atoms with Gasteiger partial charge in [0.2, 0.25) is 11.9 Å². The number of aryl methyl sites for hydroxylation is 1. The van der Waals surface area contributed by atoms with Crippen molar-refractivity contribution in [3.8, 4) is 0 Å². The van der Waals surface area contributed by atoms with Crippen molar-refractivity contribution in [2.75, 3.05) is 36.8 Å². The minimum Gasteiger partial charge on any atom is -0.339 e. The molecule has 4 heterocycles. The lowest BCUT2D eigenvalue weighted by atomic mass is 10.2. The third-order valence-electron chi connectivity index (χ3n) is 4.98. The van der Waals surface area contributed by atoms with E-state index in [0.717, 1.165) is 23.0 Å². The molecule has 8 nitrogen and oxygen atoms in total. The third-order valence-corrected chi connectivity index (χ3v) is 6.08. The van der Waals surface area contributed by atoms with Gasteiger partial charge in [-0.3, -0.25) is 14.2 Å². The number of aromatic nitrogens is 4. The van der Waals surface area contributed by atoms with Crippen LogP contribution in [0.3, 0.4) is 0 Å². The van der Waals surface area contributed by atoms with Gasteiger partial charge in [-0.05, 0) is 12.5 Å². The maximum Gasteiger partial charge on any atom is 0.254 e. The van der Waals surface area contributed by atoms with Crippen molar-refractivity contribution in [3.63, 3.8) is 0 Å². The number of carbonyl (C=O) groups excluding carboxylic acids is 1. The van der Waals surface area contributed by atoms with E-state index in [2.05, 4.69) is 19.9 Å². The highest BCUT2D eigenvalue weighted by Crippen LogP contribution is 2.32. The number of nitrogens with zero attached hydrogens (tertiary/aromatic N) is 6. The number of hydrogen-bond acceptors (Lipinski definition) is 7. The minimum absolute atomic E-state index is 0.0503. The topological polar surface area (TPSA) is 84.2 Å². The second kappa shape index (κ2) is 7.67. The molecule has 0 aliphatic carbocycles. The molecule has 2 aliphatic heterocycles. The second-order valence-electron chi connectivity index (χ2n) is 6.68. The maximum atomic E-state index is 12.8. The average molecular weight is 386 g/mol. The van der Waals surface area contributed by atoms with E-state index in [4.69, 9.17) is 0 Å². The number of fused-ring (bicyclic) bond motifs is 1. The number of anilines is 1. The Morgan fingerprint density at radius 2 is 1.96 bits per heavy atom. The predicted molar refractivity (Wildman–Crippen MR) is 103 cm³/mol. The fourth-order valence-corrected chi connectivity index (χ4v) is 4.64. The summed E-state index contributed by atoms with van der Waals surface area (Å²) in [5.74, 6) is 1.52. The van der Waals surface area contributed by atoms with E-state index in [1.807, 2.05) is 11.8 Å². The Morgan fingerprint density at radius 1 is 1.22 bits per heavy atom. The first-order valence-electron chi connectivity index (χ1n) is 9.20. The third kappa shape index (κ3) is 3.69. The van der Waals surface area contributed by atoms with Crippen molar-refractivity contribution in [2.45, 2.75) is 31.0 Å². The van der Waals surface area contributed by atoms with Gasteiger partial charge in [0.15, 0.2) is 5.16 Å². The Bertz CT molecular complexity index is 879. The zero-order chi connectivity index (χ0) is 18.8. The van der Waals surface area contributed by atoms with Gasteiger partial charge in [-0.1, -0.05) is 18.7 Å². The van der Waals surface area contributed by atoms with Crippen molar-refractivity contribution in [1.82, 2.24) is 24.4 Å². The van der Waals surface area contributed by atoms with Crippen LogP contribution < -0.4 is 10.5 Å². The number of thioether (sulfide) groups is 1. The molecular formula is C18H22N6O2S. The Balaban J connectivity index is 1.38. The Morgan fingerprint density at radius 3 is 2.67 bits per heavy atom. The van der Waals surface area contributed by atoms with Crippen LogP contribution in [0.1, 0.15) is 25.1 Å². The molecule has 1 unspecified atom stereocenters. The molecule has 0 bridgehead atoms. The van der Waals surface area contributed by atoms with Crippen LogP contribution in [0, 0.1) is 0 Å². The van der Waals surface area contributed by atoms with Gasteiger partial charge in [0, 0.05) is 62.5 Å². The van der Waals surface area contributed by atoms with Crippen molar-refractivity contribution >= 4 is 23.6 Å². The molecule has 2 aromatic rings. The second-order valence-corrected chi connectivity index (χ2v) is 7.66. The molecule has 1 saturated heterocycles. The predicted octanol–water partition coefficient (Wildman–Crippen LogP) is 0.981. The molecule has 0 spiro atoms. The summed E-state index contributed by atoms with van der Waals surface area (Å²) in [5.41, 5.74) is 0.760. The van der Waals surface area contributed by atoms with Gasteiger partial charge >= 0.3 is 0 Å². The van der Waals surface area contributed by atoms with Crippen LogP contribution in [0.5, 0.6) is 0 Å². The van der Waals surface area contributed by atoms with E-state index in [-0.39, 0.29) is 17.5 Å². The highest BCUT2D eigenvalue weighted by Gasteiger charge is 2.30. The van der Waals surface area contributed by atoms with E-state index in [1.165, 1.54) is 0 Å². The number of piperazine rings is 1. The summed E-state index contributed by atoms with van der Waals surface area (Å²) in [6.45, 7) is 4.71. The molecule has 0 aromatic carbocycles. The quantitative estimate of drug-likeness (QED) is 0.724. The van der Waals surface area contributed by atoms with E-state index < -0.39 is 0 Å². The van der Waals surface area contributed by atoms with Gasteiger partial charge in [0.1, 0.15) is 0 Å². The summed E-state index contributed by atoms with van der Waals surface area (Å²) in [6.07, 6.45) is 4.53. The van der Waals surface area contributed by atoms with Gasteiger partial charge in [0.25, 0.3) is 5.56 Å². The standard InChI is InChI=1S/C18H22N6O2S/c1-2-13-10-16(26)24-14(12-27-18(24)21-13)11-15(25)22-6-8-23(9-7-22)17-19-4-3-5-20-17/h3-5,10,14H,2,6-9,11-12H2,1H3. The monoisotopic (exact) mass is 386 g/mol. The van der Waals surface area contributed by atoms with Crippen LogP contribution in [0.25, 0.3) is 0 Å². The lowest BCUT2D eigenvalue weighted by Gasteiger charge is -2.35. The van der Waals surface area contributed by atoms with Crippen LogP contribution in [0.15, 0.2) is 34.5 Å². The highest BCUT2D eigenvalue weighted by molar-refractivity contribution is 7.99. The van der Waals surface area contributed by atoms with E-state index in [1.54, 1.807) is 40.9 Å². The largest absolute Gasteiger partial charge is 0.339 e. The van der Waals surface area contributed by atoms with E-state index in [0.29, 0.717) is 38.5 Å². The summed E-state index contributed by atoms with van der Waals surface area (Å²) in [7, 11) is 0. The zero-order valence-corrected chi connectivity index (χ0v) is 16.1. The Kier molecular flexibility index (Phi) is 5.11. The molecule has 0 radical (unpaired) electrons. The number of hydrogen-bond donors (Lipinski definition) is 0. The van der Waals surface area contributed by atoms with Crippen molar-refractivity contribution in [2.24, 2.45) is 0 Å². The molecule has 0 N–H and O–H groups in total. The van der Waals surface area contributed by atoms with Crippen molar-refractivity contribution in [1.29, 1.82) is 0 Å². The molecule has 9 heteroatoms. The molecule has 1 amide bonds. The first kappa shape index (κ1) is 18.0. The Labute approximate surface area is 161 Å². The smallest absolute Gasteiger partial charge is 0.254 e. The fraction of sp³-hybridized carbons (Fsp3) is 0.500. The molecule has 4 rings (SSSR count). The average Bonchev–Trinajstić information content (AvgIpc) is 3.12. The first-order chi connectivity index (χ1) is 13.2. The van der Waals surface area contributed by atoms with Crippen LogP contribution >= 0.6 is 11.8 Å². The lowest BCUT2D eigenvalue weighted by Crippen LogP contribution is -2.49. The first-order valence-corrected chi connectivity index (χ1v) is 10.2. The van der Waals surface area contributed by atoms with E-state index in [9.17, 15) is 9.59 Å². The minimum atomic E-state index is -0.112. The lowest BCUT2D eigenvalue weighted by molar-refractivity contribution is -0.132. The zero-order valence-electron chi connectivity index (χ0n) is 15.2. The van der Waals surface area contributed by atoms with Gasteiger partial charge in [-0.25, -0.2) is 15.0 Å². The maximum absolute atomic E-state index is 12.8. The molecule has 27 heavy (non-hydrogen) atoms. The van der Waals surface area contributed by atoms with Crippen molar-refractivity contribution in [3.05, 3.63) is 40.6 Å². The van der Waals surface area contributed by atoms with Crippen LogP contribution in [0.4, 0.5) is 5.95 Å².